The molecule has 5 rings (SSSR count). The number of rotatable bonds is 9. The summed E-state index contributed by atoms with van der Waals surface area (Å²) in [6.45, 7) is 6.07. The Morgan fingerprint density at radius 2 is 1.80 bits per heavy atom. The van der Waals surface area contributed by atoms with Gasteiger partial charge in [0.05, 0.1) is 39.2 Å². The number of halogens is 2. The van der Waals surface area contributed by atoms with E-state index in [1.807, 2.05) is 25.1 Å². The van der Waals surface area contributed by atoms with Gasteiger partial charge in [0.15, 0.2) is 11.6 Å². The number of benzene rings is 4. The van der Waals surface area contributed by atoms with E-state index in [9.17, 15) is 14.9 Å². The fraction of sp³-hybridized carbons (Fsp3) is 0.182. The lowest BCUT2D eigenvalue weighted by Crippen LogP contribution is -2.20. The molecule has 0 spiro atoms. The van der Waals surface area contributed by atoms with Gasteiger partial charge >= 0.3 is 5.69 Å². The number of aryl methyl sites for hydroxylation is 1. The Labute approximate surface area is 263 Å². The number of fused-ring (bicyclic) bond motifs is 1. The fourth-order valence-corrected chi connectivity index (χ4v) is 5.09. The Morgan fingerprint density at radius 1 is 1.02 bits per heavy atom. The van der Waals surface area contributed by atoms with Gasteiger partial charge in [-0.05, 0) is 78.1 Å². The second-order valence-corrected chi connectivity index (χ2v) is 11.2. The lowest BCUT2D eigenvalue weighted by atomic mass is 9.96. The van der Waals surface area contributed by atoms with Crippen molar-refractivity contribution in [1.82, 2.24) is 9.66 Å². The Morgan fingerprint density at radius 3 is 2.50 bits per heavy atom. The molecule has 0 amide bonds. The number of nitrogens with zero attached hydrogens (tertiary/aromatic N) is 4. The largest absolute Gasteiger partial charge is 0.496 e. The molecule has 224 valence electrons. The van der Waals surface area contributed by atoms with Crippen LogP contribution in [0.4, 0.5) is 5.69 Å². The zero-order chi connectivity index (χ0) is 31.5. The van der Waals surface area contributed by atoms with Crippen LogP contribution in [-0.2, 0) is 6.61 Å². The van der Waals surface area contributed by atoms with E-state index in [1.165, 1.54) is 23.0 Å². The van der Waals surface area contributed by atoms with Gasteiger partial charge in [-0.3, -0.25) is 14.9 Å². The molecule has 1 heterocycles. The third-order valence-corrected chi connectivity index (χ3v) is 7.81. The second kappa shape index (κ2) is 12.9. The van der Waals surface area contributed by atoms with E-state index in [2.05, 4.69) is 18.9 Å². The van der Waals surface area contributed by atoms with Crippen molar-refractivity contribution in [2.24, 2.45) is 5.10 Å². The number of aromatic nitrogens is 2. The number of nitro groups is 1. The molecular weight excluding hydrogens is 603 g/mol. The Hall–Kier alpha value is -4.73. The molecule has 0 fully saturated rings. The van der Waals surface area contributed by atoms with E-state index in [0.717, 1.165) is 16.9 Å². The molecule has 4 aromatic carbocycles. The highest BCUT2D eigenvalue weighted by Crippen LogP contribution is 2.34. The van der Waals surface area contributed by atoms with Crippen LogP contribution in [0.25, 0.3) is 22.3 Å². The van der Waals surface area contributed by atoms with Gasteiger partial charge in [0.2, 0.25) is 0 Å². The van der Waals surface area contributed by atoms with Crippen LogP contribution in [0.2, 0.25) is 10.0 Å². The number of methoxy groups -OCH3 is 1. The molecule has 0 saturated heterocycles. The third kappa shape index (κ3) is 6.29. The maximum atomic E-state index is 13.7. The highest BCUT2D eigenvalue weighted by Gasteiger charge is 2.19. The molecule has 0 radical (unpaired) electrons. The molecule has 11 heteroatoms. The van der Waals surface area contributed by atoms with Crippen LogP contribution in [0.1, 0.15) is 42.0 Å². The van der Waals surface area contributed by atoms with Crippen molar-refractivity contribution in [3.05, 3.63) is 126 Å². The molecule has 0 atom stereocenters. The monoisotopic (exact) mass is 630 g/mol. The van der Waals surface area contributed by atoms with Gasteiger partial charge in [-0.25, -0.2) is 4.98 Å². The van der Waals surface area contributed by atoms with Crippen molar-refractivity contribution in [3.63, 3.8) is 0 Å². The van der Waals surface area contributed by atoms with E-state index in [0.29, 0.717) is 43.5 Å². The highest BCUT2D eigenvalue weighted by atomic mass is 35.5. The molecule has 0 bridgehead atoms. The van der Waals surface area contributed by atoms with E-state index >= 15 is 0 Å². The number of hydrogen-bond donors (Lipinski definition) is 0. The van der Waals surface area contributed by atoms with Crippen LogP contribution in [0.3, 0.4) is 0 Å². The molecule has 1 aromatic heterocycles. The van der Waals surface area contributed by atoms with Crippen molar-refractivity contribution >= 4 is 46.0 Å². The first-order valence-electron chi connectivity index (χ1n) is 13.7. The van der Waals surface area contributed by atoms with Gasteiger partial charge in [-0.1, -0.05) is 55.2 Å². The van der Waals surface area contributed by atoms with Crippen molar-refractivity contribution in [2.75, 3.05) is 7.11 Å². The Bertz CT molecular complexity index is 1990. The van der Waals surface area contributed by atoms with Crippen LogP contribution in [0.5, 0.6) is 11.5 Å². The molecule has 0 aliphatic rings. The molecule has 44 heavy (non-hydrogen) atoms. The predicted octanol–water partition coefficient (Wildman–Crippen LogP) is 8.18. The molecule has 0 aliphatic heterocycles. The minimum absolute atomic E-state index is 0.0479. The normalized spacial score (nSPS) is 11.4. The molecule has 0 saturated carbocycles. The summed E-state index contributed by atoms with van der Waals surface area (Å²) in [7, 11) is 1.62. The predicted molar refractivity (Wildman–Crippen MR) is 174 cm³/mol. The summed E-state index contributed by atoms with van der Waals surface area (Å²) in [5, 5.41) is 17.6. The summed E-state index contributed by atoms with van der Waals surface area (Å²) in [6, 6.07) is 20.4. The number of para-hydroxylation sites is 1. The van der Waals surface area contributed by atoms with Crippen LogP contribution in [0, 0.1) is 17.0 Å². The van der Waals surface area contributed by atoms with Crippen molar-refractivity contribution in [1.29, 1.82) is 0 Å². The number of hydrogen-bond acceptors (Lipinski definition) is 7. The summed E-state index contributed by atoms with van der Waals surface area (Å²) in [6.07, 6.45) is 1.39. The number of ether oxygens (including phenoxy) is 2. The SMILES string of the molecule is COc1cc(C)c(-c2nc3ccccc3c(=O)n2N=Cc2ccc(OCc3ccc(Cl)c(Cl)c3)c([N+](=O)[O-])c2)cc1C(C)C. The van der Waals surface area contributed by atoms with E-state index in [-0.39, 0.29) is 29.5 Å². The first kappa shape index (κ1) is 30.7. The van der Waals surface area contributed by atoms with Crippen molar-refractivity contribution < 1.29 is 14.4 Å². The summed E-state index contributed by atoms with van der Waals surface area (Å²) in [4.78, 5) is 30.0. The topological polar surface area (TPSA) is 109 Å². The van der Waals surface area contributed by atoms with Crippen LogP contribution in [0.15, 0.2) is 82.7 Å². The smallest absolute Gasteiger partial charge is 0.311 e. The van der Waals surface area contributed by atoms with Gasteiger partial charge in [0.25, 0.3) is 5.56 Å². The van der Waals surface area contributed by atoms with Crippen molar-refractivity contribution in [2.45, 2.75) is 33.3 Å². The van der Waals surface area contributed by atoms with E-state index in [4.69, 9.17) is 37.7 Å². The zero-order valence-corrected chi connectivity index (χ0v) is 25.9. The molecule has 0 N–H and O–H groups in total. The second-order valence-electron chi connectivity index (χ2n) is 10.4. The minimum Gasteiger partial charge on any atom is -0.496 e. The summed E-state index contributed by atoms with van der Waals surface area (Å²) in [5.41, 5.74) is 3.49. The lowest BCUT2D eigenvalue weighted by Gasteiger charge is -2.17. The van der Waals surface area contributed by atoms with E-state index in [1.54, 1.807) is 49.6 Å². The van der Waals surface area contributed by atoms with Crippen LogP contribution >= 0.6 is 23.2 Å². The summed E-state index contributed by atoms with van der Waals surface area (Å²) in [5.74, 6) is 1.29. The maximum absolute atomic E-state index is 13.7. The molecule has 5 aromatic rings. The molecule has 9 nitrogen and oxygen atoms in total. The average molecular weight is 632 g/mol. The zero-order valence-electron chi connectivity index (χ0n) is 24.4. The maximum Gasteiger partial charge on any atom is 0.311 e. The van der Waals surface area contributed by atoms with Crippen LogP contribution in [-0.4, -0.2) is 27.9 Å². The van der Waals surface area contributed by atoms with Gasteiger partial charge < -0.3 is 9.47 Å². The summed E-state index contributed by atoms with van der Waals surface area (Å²) >= 11 is 12.0. The molecular formula is C33H28Cl2N4O5. The Kier molecular flexibility index (Phi) is 8.98. The Balaban J connectivity index is 1.57. The molecule has 0 aliphatic carbocycles. The first-order valence-corrected chi connectivity index (χ1v) is 14.4. The minimum atomic E-state index is -0.537. The van der Waals surface area contributed by atoms with Crippen molar-refractivity contribution in [3.8, 4) is 22.9 Å². The van der Waals surface area contributed by atoms with Gasteiger partial charge in [0.1, 0.15) is 12.4 Å². The van der Waals surface area contributed by atoms with Gasteiger partial charge in [-0.15, -0.1) is 0 Å². The van der Waals surface area contributed by atoms with Gasteiger partial charge in [0, 0.05) is 17.2 Å². The number of nitro benzene ring substituents is 1. The quantitative estimate of drug-likeness (QED) is 0.0922. The van der Waals surface area contributed by atoms with Gasteiger partial charge in [-0.2, -0.15) is 9.78 Å². The fourth-order valence-electron chi connectivity index (χ4n) is 4.77. The highest BCUT2D eigenvalue weighted by molar-refractivity contribution is 6.42. The third-order valence-electron chi connectivity index (χ3n) is 7.07. The lowest BCUT2D eigenvalue weighted by molar-refractivity contribution is -0.385. The van der Waals surface area contributed by atoms with E-state index < -0.39 is 4.92 Å². The standard InChI is InChI=1S/C33H28Cl2N4O5/c1-19(2)24-16-25(20(3)13-31(24)43-4)32-37-28-8-6-5-7-23(28)33(40)38(32)36-17-21-10-12-30(29(15-21)39(41)42)44-18-22-9-11-26(34)27(35)14-22/h5-17,19H,18H2,1-4H3. The first-order chi connectivity index (χ1) is 21.1. The average Bonchev–Trinajstić information content (AvgIpc) is 3.01. The molecule has 0 unspecified atom stereocenters. The van der Waals surface area contributed by atoms with Crippen LogP contribution < -0.4 is 15.0 Å². The summed E-state index contributed by atoms with van der Waals surface area (Å²) < 4.78 is 12.6.